The molecule has 0 aliphatic rings. The normalized spacial score (nSPS) is 11.2. The van der Waals surface area contributed by atoms with Crippen LogP contribution in [0.5, 0.6) is 0 Å². The van der Waals surface area contributed by atoms with Gasteiger partial charge in [-0.1, -0.05) is 12.1 Å². The van der Waals surface area contributed by atoms with Crippen LogP contribution in [0.15, 0.2) is 53.3 Å². The van der Waals surface area contributed by atoms with E-state index in [-0.39, 0.29) is 30.0 Å². The van der Waals surface area contributed by atoms with Crippen LogP contribution in [0.3, 0.4) is 0 Å². The van der Waals surface area contributed by atoms with Gasteiger partial charge in [0.15, 0.2) is 11.7 Å². The maximum absolute atomic E-state index is 13.6. The fraction of sp³-hybridized carbons (Fsp3) is 0.273. The summed E-state index contributed by atoms with van der Waals surface area (Å²) in [5.74, 6) is 0.941. The molecule has 0 aliphatic carbocycles. The monoisotopic (exact) mass is 392 g/mol. The Labute approximate surface area is 167 Å². The fourth-order valence-corrected chi connectivity index (χ4v) is 3.21. The number of hydrogen-bond donors (Lipinski definition) is 1. The topological polar surface area (TPSA) is 84.7 Å². The third-order valence-electron chi connectivity index (χ3n) is 4.75. The molecule has 7 heteroatoms. The molecule has 0 atom stereocenters. The maximum Gasteiger partial charge on any atom is 0.194 e. The summed E-state index contributed by atoms with van der Waals surface area (Å²) in [5, 5.41) is 0. The molecule has 148 valence electrons. The Bertz CT molecular complexity index is 1090. The molecule has 0 aliphatic heterocycles. The summed E-state index contributed by atoms with van der Waals surface area (Å²) in [5.41, 5.74) is 2.59. The van der Waals surface area contributed by atoms with E-state index in [0.717, 1.165) is 36.1 Å². The first kappa shape index (κ1) is 19.0. The maximum atomic E-state index is 13.6. The molecule has 0 spiro atoms. The van der Waals surface area contributed by atoms with Gasteiger partial charge in [0.05, 0.1) is 16.7 Å². The van der Waals surface area contributed by atoms with Crippen molar-refractivity contribution in [2.45, 2.75) is 38.5 Å². The van der Waals surface area contributed by atoms with Gasteiger partial charge in [-0.25, -0.2) is 14.4 Å². The van der Waals surface area contributed by atoms with E-state index in [1.807, 2.05) is 24.3 Å². The minimum Gasteiger partial charge on any atom is -0.448 e. The van der Waals surface area contributed by atoms with Crippen molar-refractivity contribution >= 4 is 16.8 Å². The average molecular weight is 392 g/mol. The lowest BCUT2D eigenvalue weighted by Gasteiger charge is -1.99. The smallest absolute Gasteiger partial charge is 0.194 e. The number of Topliss-reactive ketones (excluding diaryl/α,β-unsaturated/α-hetero) is 1. The van der Waals surface area contributed by atoms with E-state index < -0.39 is 5.82 Å². The van der Waals surface area contributed by atoms with E-state index >= 15 is 0 Å². The summed E-state index contributed by atoms with van der Waals surface area (Å²) in [4.78, 5) is 28.4. The summed E-state index contributed by atoms with van der Waals surface area (Å²) < 4.78 is 19.0. The highest BCUT2D eigenvalue weighted by Gasteiger charge is 2.14. The second-order valence-electron chi connectivity index (χ2n) is 6.89. The van der Waals surface area contributed by atoms with Crippen LogP contribution >= 0.6 is 0 Å². The quantitative estimate of drug-likeness (QED) is 0.336. The lowest BCUT2D eigenvalue weighted by molar-refractivity contribution is 0.0977. The molecular formula is C22H21FN4O2. The van der Waals surface area contributed by atoms with Crippen molar-refractivity contribution in [1.82, 2.24) is 19.9 Å². The van der Waals surface area contributed by atoms with Crippen molar-refractivity contribution in [3.05, 3.63) is 77.8 Å². The zero-order valence-corrected chi connectivity index (χ0v) is 15.9. The number of aromatic amines is 1. The van der Waals surface area contributed by atoms with Crippen LogP contribution in [0.2, 0.25) is 0 Å². The SMILES string of the molecule is O=C(CCc1ncccc1F)c1coc(CCCCc2nc3ccccc3[nH]2)n1. The number of imidazole rings is 1. The number of carbonyl (C=O) groups excluding carboxylic acids is 1. The molecule has 0 radical (unpaired) electrons. The van der Waals surface area contributed by atoms with Gasteiger partial charge >= 0.3 is 0 Å². The Morgan fingerprint density at radius 3 is 2.76 bits per heavy atom. The van der Waals surface area contributed by atoms with Gasteiger partial charge < -0.3 is 9.40 Å². The number of ketones is 1. The number of benzene rings is 1. The molecule has 0 fully saturated rings. The summed E-state index contributed by atoms with van der Waals surface area (Å²) in [6.45, 7) is 0. The average Bonchev–Trinajstić information content (AvgIpc) is 3.37. The largest absolute Gasteiger partial charge is 0.448 e. The predicted octanol–water partition coefficient (Wildman–Crippen LogP) is 4.47. The Kier molecular flexibility index (Phi) is 5.74. The third kappa shape index (κ3) is 4.74. The van der Waals surface area contributed by atoms with Crippen LogP contribution in [-0.4, -0.2) is 25.7 Å². The number of halogens is 1. The number of nitrogens with zero attached hydrogens (tertiary/aromatic N) is 3. The standard InChI is InChI=1S/C22H21FN4O2/c23-15-6-5-13-24-16(15)11-12-20(28)19-14-29-22(27-19)10-4-3-9-21-25-17-7-1-2-8-18(17)26-21/h1-2,5-8,13-14H,3-4,9-12H2,(H,25,26). The number of H-pyrrole nitrogens is 1. The summed E-state index contributed by atoms with van der Waals surface area (Å²) in [7, 11) is 0. The zero-order valence-electron chi connectivity index (χ0n) is 15.9. The van der Waals surface area contributed by atoms with Crippen molar-refractivity contribution in [2.75, 3.05) is 0 Å². The van der Waals surface area contributed by atoms with Gasteiger partial charge in [-0.15, -0.1) is 0 Å². The highest BCUT2D eigenvalue weighted by molar-refractivity contribution is 5.94. The minimum atomic E-state index is -0.398. The molecule has 0 saturated heterocycles. The number of pyridine rings is 1. The Morgan fingerprint density at radius 2 is 1.90 bits per heavy atom. The number of aryl methyl sites for hydroxylation is 3. The number of oxazole rings is 1. The van der Waals surface area contributed by atoms with E-state index in [9.17, 15) is 9.18 Å². The highest BCUT2D eigenvalue weighted by atomic mass is 19.1. The van der Waals surface area contributed by atoms with Crippen LogP contribution in [-0.2, 0) is 19.3 Å². The van der Waals surface area contributed by atoms with Gasteiger partial charge in [-0.2, -0.15) is 0 Å². The molecule has 3 heterocycles. The van der Waals surface area contributed by atoms with Crippen molar-refractivity contribution in [3.8, 4) is 0 Å². The van der Waals surface area contributed by atoms with Gasteiger partial charge in [0.2, 0.25) is 0 Å². The summed E-state index contributed by atoms with van der Waals surface area (Å²) in [6.07, 6.45) is 6.60. The first-order chi connectivity index (χ1) is 14.2. The number of para-hydroxylation sites is 2. The molecule has 29 heavy (non-hydrogen) atoms. The Balaban J connectivity index is 1.23. The lowest BCUT2D eigenvalue weighted by Crippen LogP contribution is -2.04. The molecule has 3 aromatic heterocycles. The van der Waals surface area contributed by atoms with E-state index in [1.165, 1.54) is 24.6 Å². The number of hydrogen-bond acceptors (Lipinski definition) is 5. The van der Waals surface area contributed by atoms with E-state index in [0.29, 0.717) is 12.3 Å². The number of rotatable bonds is 9. The fourth-order valence-electron chi connectivity index (χ4n) is 3.21. The molecule has 0 bridgehead atoms. The van der Waals surface area contributed by atoms with Crippen molar-refractivity contribution in [1.29, 1.82) is 0 Å². The van der Waals surface area contributed by atoms with E-state index in [1.54, 1.807) is 0 Å². The molecule has 1 aromatic carbocycles. The second-order valence-corrected chi connectivity index (χ2v) is 6.89. The van der Waals surface area contributed by atoms with Crippen LogP contribution < -0.4 is 0 Å². The van der Waals surface area contributed by atoms with Gasteiger partial charge in [-0.05, 0) is 43.5 Å². The Hall–Kier alpha value is -3.35. The summed E-state index contributed by atoms with van der Waals surface area (Å²) in [6, 6.07) is 10.8. The first-order valence-corrected chi connectivity index (χ1v) is 9.69. The number of carbonyl (C=O) groups is 1. The van der Waals surface area contributed by atoms with Crippen molar-refractivity contribution < 1.29 is 13.6 Å². The lowest BCUT2D eigenvalue weighted by atomic mass is 10.1. The first-order valence-electron chi connectivity index (χ1n) is 9.69. The van der Waals surface area contributed by atoms with Crippen molar-refractivity contribution in [3.63, 3.8) is 0 Å². The third-order valence-corrected chi connectivity index (χ3v) is 4.75. The molecule has 0 amide bonds. The van der Waals surface area contributed by atoms with E-state index in [2.05, 4.69) is 19.9 Å². The second kappa shape index (κ2) is 8.77. The molecular weight excluding hydrogens is 371 g/mol. The predicted molar refractivity (Wildman–Crippen MR) is 106 cm³/mol. The highest BCUT2D eigenvalue weighted by Crippen LogP contribution is 2.14. The van der Waals surface area contributed by atoms with Gasteiger partial charge in [0, 0.05) is 25.5 Å². The van der Waals surface area contributed by atoms with Crippen LogP contribution in [0, 0.1) is 5.82 Å². The molecule has 0 saturated carbocycles. The number of unbranched alkanes of at least 4 members (excludes halogenated alkanes) is 1. The molecule has 1 N–H and O–H groups in total. The summed E-state index contributed by atoms with van der Waals surface area (Å²) >= 11 is 0. The number of fused-ring (bicyclic) bond motifs is 1. The van der Waals surface area contributed by atoms with Gasteiger partial charge in [0.25, 0.3) is 0 Å². The number of aromatic nitrogens is 4. The van der Waals surface area contributed by atoms with Crippen LogP contribution in [0.25, 0.3) is 11.0 Å². The molecule has 4 aromatic rings. The Morgan fingerprint density at radius 1 is 1.03 bits per heavy atom. The van der Waals surface area contributed by atoms with Crippen LogP contribution in [0.4, 0.5) is 4.39 Å². The van der Waals surface area contributed by atoms with E-state index in [4.69, 9.17) is 4.42 Å². The number of nitrogens with one attached hydrogen (secondary N) is 1. The molecule has 4 rings (SSSR count). The van der Waals surface area contributed by atoms with Crippen molar-refractivity contribution in [2.24, 2.45) is 0 Å². The van der Waals surface area contributed by atoms with Crippen LogP contribution in [0.1, 0.15) is 47.2 Å². The molecule has 0 unspecified atom stereocenters. The van der Waals surface area contributed by atoms with Gasteiger partial charge in [0.1, 0.15) is 23.6 Å². The zero-order chi connectivity index (χ0) is 20.1. The van der Waals surface area contributed by atoms with Gasteiger partial charge in [-0.3, -0.25) is 9.78 Å². The minimum absolute atomic E-state index is 0.145. The molecule has 6 nitrogen and oxygen atoms in total.